The van der Waals surface area contributed by atoms with Gasteiger partial charge in [0.2, 0.25) is 0 Å². The second-order valence-corrected chi connectivity index (χ2v) is 11.5. The lowest BCUT2D eigenvalue weighted by atomic mass is 9.94. The first-order valence-electron chi connectivity index (χ1n) is 15.3. The number of methoxy groups -OCH3 is 2. The molecule has 0 aliphatic rings. The van der Waals surface area contributed by atoms with Crippen molar-refractivity contribution < 1.29 is 38.1 Å². The molecule has 0 saturated heterocycles. The average molecular weight is 647 g/mol. The highest BCUT2D eigenvalue weighted by Crippen LogP contribution is 2.43. The van der Waals surface area contributed by atoms with Crippen LogP contribution in [0.1, 0.15) is 67.4 Å². The molecular formula is C37H40F2N2O6. The van der Waals surface area contributed by atoms with E-state index in [4.69, 9.17) is 4.74 Å². The van der Waals surface area contributed by atoms with Crippen LogP contribution in [0.25, 0.3) is 28.3 Å². The summed E-state index contributed by atoms with van der Waals surface area (Å²) in [5.74, 6) is -1.23. The smallest absolute Gasteiger partial charge is 0.308 e. The second kappa shape index (κ2) is 15.7. The third kappa shape index (κ3) is 8.52. The molecule has 0 bridgehead atoms. The van der Waals surface area contributed by atoms with Gasteiger partial charge in [-0.1, -0.05) is 42.5 Å². The van der Waals surface area contributed by atoms with E-state index in [0.717, 1.165) is 5.56 Å². The Morgan fingerprint density at radius 3 is 1.91 bits per heavy atom. The lowest BCUT2D eigenvalue weighted by Gasteiger charge is -2.20. The van der Waals surface area contributed by atoms with E-state index in [9.17, 15) is 28.6 Å². The summed E-state index contributed by atoms with van der Waals surface area (Å²) in [6.45, 7) is 5.67. The van der Waals surface area contributed by atoms with Crippen LogP contribution >= 0.6 is 0 Å². The molecule has 1 heterocycles. The molecule has 3 atom stereocenters. The molecule has 0 saturated carbocycles. The maximum absolute atomic E-state index is 14.4. The van der Waals surface area contributed by atoms with Crippen LogP contribution in [-0.2, 0) is 9.53 Å². The molecule has 4 aromatic rings. The number of aliphatic hydroxyl groups is 2. The molecule has 3 N–H and O–H groups in total. The standard InChI is InChI=1S/C37H40F2N2O6/c1-22(2)41-32(19-16-29(42)20-30(43)21-33(44)47-5)34(25-6-12-27(38)13-7-25)35(26-8-14-28(39)15-9-26)36(41)37(45)40-23(3)24-10-17-31(46-4)18-11-24/h6-19,22-23,29-30,42-43H,20-21H2,1-5H3,(H,40,45)/b19-16+/t23?,29-,30-/m1/s1. The monoisotopic (exact) mass is 646 g/mol. The Labute approximate surface area is 273 Å². The van der Waals surface area contributed by atoms with E-state index in [1.54, 1.807) is 37.5 Å². The van der Waals surface area contributed by atoms with Crippen LogP contribution in [0.15, 0.2) is 78.9 Å². The molecule has 1 aromatic heterocycles. The van der Waals surface area contributed by atoms with E-state index >= 15 is 0 Å². The van der Waals surface area contributed by atoms with Crippen molar-refractivity contribution in [1.82, 2.24) is 9.88 Å². The largest absolute Gasteiger partial charge is 0.497 e. The lowest BCUT2D eigenvalue weighted by molar-refractivity contribution is -0.143. The number of hydrogen-bond acceptors (Lipinski definition) is 6. The van der Waals surface area contributed by atoms with Crippen molar-refractivity contribution >= 4 is 18.0 Å². The zero-order valence-corrected chi connectivity index (χ0v) is 27.0. The molecule has 4 rings (SSSR count). The first kappa shape index (κ1) is 35.1. The number of amides is 1. The van der Waals surface area contributed by atoms with E-state index < -0.39 is 41.8 Å². The molecule has 1 amide bonds. The molecule has 47 heavy (non-hydrogen) atoms. The van der Waals surface area contributed by atoms with Gasteiger partial charge in [0, 0.05) is 29.3 Å². The molecule has 0 aliphatic carbocycles. The number of carbonyl (C=O) groups excluding carboxylic acids is 2. The molecule has 0 fully saturated rings. The van der Waals surface area contributed by atoms with Crippen LogP contribution in [-0.4, -0.2) is 53.1 Å². The van der Waals surface area contributed by atoms with Crippen molar-refractivity contribution in [2.24, 2.45) is 0 Å². The van der Waals surface area contributed by atoms with Gasteiger partial charge in [-0.15, -0.1) is 0 Å². The zero-order chi connectivity index (χ0) is 34.2. The summed E-state index contributed by atoms with van der Waals surface area (Å²) in [6.07, 6.45) is 0.384. The minimum atomic E-state index is -1.16. The fourth-order valence-electron chi connectivity index (χ4n) is 5.50. The highest BCUT2D eigenvalue weighted by Gasteiger charge is 2.30. The highest BCUT2D eigenvalue weighted by atomic mass is 19.1. The quantitative estimate of drug-likeness (QED) is 0.137. The Kier molecular flexibility index (Phi) is 11.7. The number of aromatic nitrogens is 1. The van der Waals surface area contributed by atoms with Crippen LogP contribution in [0.3, 0.4) is 0 Å². The number of ether oxygens (including phenoxy) is 2. The number of nitrogens with zero attached hydrogens (tertiary/aromatic N) is 1. The maximum Gasteiger partial charge on any atom is 0.308 e. The number of aliphatic hydroxyl groups excluding tert-OH is 2. The van der Waals surface area contributed by atoms with Crippen LogP contribution in [0.4, 0.5) is 8.78 Å². The average Bonchev–Trinajstić information content (AvgIpc) is 3.39. The molecule has 1 unspecified atom stereocenters. The number of carbonyl (C=O) groups is 2. The predicted molar refractivity (Wildman–Crippen MR) is 177 cm³/mol. The van der Waals surface area contributed by atoms with E-state index in [1.165, 1.54) is 37.5 Å². The number of esters is 1. The minimum absolute atomic E-state index is 0.141. The van der Waals surface area contributed by atoms with Gasteiger partial charge >= 0.3 is 5.97 Å². The van der Waals surface area contributed by atoms with Crippen LogP contribution < -0.4 is 10.1 Å². The van der Waals surface area contributed by atoms with Crippen molar-refractivity contribution in [3.05, 3.63) is 107 Å². The molecule has 3 aromatic carbocycles. The summed E-state index contributed by atoms with van der Waals surface area (Å²) in [5, 5.41) is 24.2. The van der Waals surface area contributed by atoms with Gasteiger partial charge in [-0.05, 0) is 79.9 Å². The summed E-state index contributed by atoms with van der Waals surface area (Å²) < 4.78 is 40.0. The number of hydrogen-bond donors (Lipinski definition) is 3. The summed E-state index contributed by atoms with van der Waals surface area (Å²) in [4.78, 5) is 26.0. The van der Waals surface area contributed by atoms with E-state index in [-0.39, 0.29) is 24.6 Å². The predicted octanol–water partition coefficient (Wildman–Crippen LogP) is 6.87. The summed E-state index contributed by atoms with van der Waals surface area (Å²) in [6, 6.07) is 18.2. The molecule has 248 valence electrons. The van der Waals surface area contributed by atoms with Crippen LogP contribution in [0.2, 0.25) is 0 Å². The zero-order valence-electron chi connectivity index (χ0n) is 27.0. The second-order valence-electron chi connectivity index (χ2n) is 11.5. The van der Waals surface area contributed by atoms with Crippen molar-refractivity contribution in [1.29, 1.82) is 0 Å². The first-order valence-corrected chi connectivity index (χ1v) is 15.3. The molecule has 0 radical (unpaired) electrons. The summed E-state index contributed by atoms with van der Waals surface area (Å²) in [7, 11) is 2.79. The fraction of sp³-hybridized carbons (Fsp3) is 0.297. The Hall–Kier alpha value is -4.80. The topological polar surface area (TPSA) is 110 Å². The van der Waals surface area contributed by atoms with Crippen molar-refractivity contribution in [2.75, 3.05) is 14.2 Å². The van der Waals surface area contributed by atoms with Gasteiger partial charge in [0.05, 0.1) is 38.9 Å². The number of benzene rings is 3. The molecular weight excluding hydrogens is 606 g/mol. The van der Waals surface area contributed by atoms with E-state index in [1.807, 2.05) is 49.6 Å². The Bertz CT molecular complexity index is 1700. The van der Waals surface area contributed by atoms with Gasteiger partial charge in [0.1, 0.15) is 23.1 Å². The summed E-state index contributed by atoms with van der Waals surface area (Å²) in [5.41, 5.74) is 3.84. The summed E-state index contributed by atoms with van der Waals surface area (Å²) >= 11 is 0. The van der Waals surface area contributed by atoms with Crippen LogP contribution in [0, 0.1) is 11.6 Å². The number of halogens is 2. The van der Waals surface area contributed by atoms with Gasteiger partial charge in [-0.25, -0.2) is 8.78 Å². The first-order chi connectivity index (χ1) is 22.4. The van der Waals surface area contributed by atoms with Gasteiger partial charge in [-0.3, -0.25) is 9.59 Å². The minimum Gasteiger partial charge on any atom is -0.497 e. The van der Waals surface area contributed by atoms with Crippen molar-refractivity contribution in [2.45, 2.75) is 57.9 Å². The van der Waals surface area contributed by atoms with Crippen molar-refractivity contribution in [3.8, 4) is 28.0 Å². The molecule has 10 heteroatoms. The normalized spacial score (nSPS) is 13.4. The highest BCUT2D eigenvalue weighted by molar-refractivity contribution is 6.06. The number of nitrogens with one attached hydrogen (secondary N) is 1. The van der Waals surface area contributed by atoms with Gasteiger partial charge in [0.15, 0.2) is 0 Å². The van der Waals surface area contributed by atoms with Gasteiger partial charge < -0.3 is 29.6 Å². The number of rotatable bonds is 13. The van der Waals surface area contributed by atoms with E-state index in [2.05, 4.69) is 10.1 Å². The molecule has 8 nitrogen and oxygen atoms in total. The van der Waals surface area contributed by atoms with Crippen LogP contribution in [0.5, 0.6) is 5.75 Å². The third-order valence-corrected chi connectivity index (χ3v) is 7.82. The SMILES string of the molecule is COC(=O)C[C@H](O)C[C@H](O)/C=C/c1c(-c2ccc(F)cc2)c(-c2ccc(F)cc2)c(C(=O)NC(C)c2ccc(OC)cc2)n1C(C)C. The fourth-order valence-corrected chi connectivity index (χ4v) is 5.50. The molecule has 0 spiro atoms. The molecule has 0 aliphatic heterocycles. The van der Waals surface area contributed by atoms with Crippen molar-refractivity contribution in [3.63, 3.8) is 0 Å². The van der Waals surface area contributed by atoms with E-state index in [0.29, 0.717) is 33.7 Å². The Morgan fingerprint density at radius 2 is 1.40 bits per heavy atom. The van der Waals surface area contributed by atoms with Gasteiger partial charge in [-0.2, -0.15) is 0 Å². The third-order valence-electron chi connectivity index (χ3n) is 7.82. The Morgan fingerprint density at radius 1 is 0.851 bits per heavy atom. The lowest BCUT2D eigenvalue weighted by Crippen LogP contribution is -2.29. The van der Waals surface area contributed by atoms with Gasteiger partial charge in [0.25, 0.3) is 5.91 Å². The maximum atomic E-state index is 14.4. The Balaban J connectivity index is 1.91.